The van der Waals surface area contributed by atoms with Gasteiger partial charge in [0.25, 0.3) is 0 Å². The summed E-state index contributed by atoms with van der Waals surface area (Å²) in [6, 6.07) is 4.78. The molecular weight excluding hydrogens is 243 g/mol. The van der Waals surface area contributed by atoms with E-state index in [4.69, 9.17) is 10.6 Å². The van der Waals surface area contributed by atoms with Crippen LogP contribution in [-0.4, -0.2) is 18.2 Å². The first-order valence-electron chi connectivity index (χ1n) is 6.82. The first-order chi connectivity index (χ1) is 8.96. The molecule has 3 nitrogen and oxygen atoms in total. The van der Waals surface area contributed by atoms with E-state index in [1.165, 1.54) is 6.07 Å². The number of hydrazine groups is 1. The minimum absolute atomic E-state index is 0.0575. The zero-order valence-corrected chi connectivity index (χ0v) is 12.3. The molecule has 0 radical (unpaired) electrons. The van der Waals surface area contributed by atoms with Crippen LogP contribution in [0.5, 0.6) is 0 Å². The number of nitrogens with two attached hydrogens (primary N) is 1. The molecule has 0 fully saturated rings. The van der Waals surface area contributed by atoms with Gasteiger partial charge in [0.05, 0.1) is 11.6 Å². The van der Waals surface area contributed by atoms with Crippen LogP contribution >= 0.6 is 0 Å². The fourth-order valence-electron chi connectivity index (χ4n) is 2.31. The maximum Gasteiger partial charge on any atom is 0.123 e. The Labute approximate surface area is 115 Å². The van der Waals surface area contributed by atoms with Crippen LogP contribution in [0.15, 0.2) is 18.2 Å². The normalized spacial score (nSPS) is 16.1. The predicted octanol–water partition coefficient (Wildman–Crippen LogP) is 2.71. The molecule has 1 aromatic rings. The van der Waals surface area contributed by atoms with Gasteiger partial charge in [0, 0.05) is 6.61 Å². The number of hydrogen-bond acceptors (Lipinski definition) is 3. The molecule has 0 bridgehead atoms. The van der Waals surface area contributed by atoms with E-state index in [1.54, 1.807) is 12.1 Å². The minimum Gasteiger partial charge on any atom is -0.374 e. The van der Waals surface area contributed by atoms with Crippen molar-refractivity contribution in [1.29, 1.82) is 0 Å². The van der Waals surface area contributed by atoms with Crippen molar-refractivity contribution in [2.75, 3.05) is 6.61 Å². The van der Waals surface area contributed by atoms with E-state index in [9.17, 15) is 4.39 Å². The Kier molecular flexibility index (Phi) is 5.91. The number of halogens is 1. The van der Waals surface area contributed by atoms with E-state index >= 15 is 0 Å². The Balaban J connectivity index is 2.95. The molecule has 2 atom stereocenters. The van der Waals surface area contributed by atoms with Crippen molar-refractivity contribution >= 4 is 0 Å². The highest BCUT2D eigenvalue weighted by Gasteiger charge is 2.32. The predicted molar refractivity (Wildman–Crippen MR) is 76.3 cm³/mol. The topological polar surface area (TPSA) is 47.3 Å². The lowest BCUT2D eigenvalue weighted by Crippen LogP contribution is -2.54. The molecule has 0 spiro atoms. The fraction of sp³-hybridized carbons (Fsp3) is 0.600. The molecule has 1 rings (SSSR count). The maximum atomic E-state index is 13.3. The lowest BCUT2D eigenvalue weighted by Gasteiger charge is -2.36. The number of hydrogen-bond donors (Lipinski definition) is 2. The summed E-state index contributed by atoms with van der Waals surface area (Å²) in [6.07, 6.45) is 1.48. The summed E-state index contributed by atoms with van der Waals surface area (Å²) >= 11 is 0. The van der Waals surface area contributed by atoms with Crippen LogP contribution in [0.4, 0.5) is 4.39 Å². The van der Waals surface area contributed by atoms with Gasteiger partial charge in [-0.25, -0.2) is 4.39 Å². The minimum atomic E-state index is -0.359. The number of ether oxygens (including phenoxy) is 1. The molecule has 0 aromatic heterocycles. The zero-order chi connectivity index (χ0) is 14.5. The summed E-state index contributed by atoms with van der Waals surface area (Å²) in [6.45, 7) is 8.68. The summed E-state index contributed by atoms with van der Waals surface area (Å²) < 4.78 is 19.2. The van der Waals surface area contributed by atoms with E-state index in [0.717, 1.165) is 17.5 Å². The average molecular weight is 268 g/mol. The molecule has 1 aromatic carbocycles. The second kappa shape index (κ2) is 6.98. The molecule has 0 aliphatic rings. The van der Waals surface area contributed by atoms with Crippen LogP contribution in [0.3, 0.4) is 0 Å². The molecular formula is C15H25FN2O. The van der Waals surface area contributed by atoms with Gasteiger partial charge < -0.3 is 4.74 Å². The Bertz CT molecular complexity index is 411. The molecule has 0 heterocycles. The van der Waals surface area contributed by atoms with Gasteiger partial charge in [0.1, 0.15) is 5.82 Å². The summed E-state index contributed by atoms with van der Waals surface area (Å²) in [5, 5.41) is 0. The maximum absolute atomic E-state index is 13.3. The van der Waals surface area contributed by atoms with Crippen LogP contribution in [-0.2, 0) is 11.2 Å². The number of nitrogens with one attached hydrogen (secondary N) is 1. The Morgan fingerprint density at radius 2 is 2.11 bits per heavy atom. The molecule has 2 unspecified atom stereocenters. The van der Waals surface area contributed by atoms with Crippen molar-refractivity contribution in [3.05, 3.63) is 35.1 Å². The molecule has 4 heteroatoms. The molecule has 108 valence electrons. The molecule has 19 heavy (non-hydrogen) atoms. The molecule has 0 aliphatic heterocycles. The van der Waals surface area contributed by atoms with Gasteiger partial charge in [0.15, 0.2) is 0 Å². The third-order valence-electron chi connectivity index (χ3n) is 3.85. The highest BCUT2D eigenvalue weighted by Crippen LogP contribution is 2.24. The molecule has 0 saturated heterocycles. The highest BCUT2D eigenvalue weighted by atomic mass is 19.1. The summed E-state index contributed by atoms with van der Waals surface area (Å²) in [4.78, 5) is 0. The molecule has 0 amide bonds. The molecule has 3 N–H and O–H groups in total. The summed E-state index contributed by atoms with van der Waals surface area (Å²) in [7, 11) is 0. The van der Waals surface area contributed by atoms with Gasteiger partial charge in [-0.2, -0.15) is 0 Å². The van der Waals surface area contributed by atoms with Crippen LogP contribution < -0.4 is 11.3 Å². The van der Waals surface area contributed by atoms with Crippen LogP contribution in [0, 0.1) is 12.7 Å². The van der Waals surface area contributed by atoms with Gasteiger partial charge in [-0.05, 0) is 56.9 Å². The number of rotatable bonds is 7. The van der Waals surface area contributed by atoms with Crippen LogP contribution in [0.2, 0.25) is 0 Å². The highest BCUT2D eigenvalue weighted by molar-refractivity contribution is 5.28. The lowest BCUT2D eigenvalue weighted by molar-refractivity contribution is -0.0551. The molecule has 0 aliphatic carbocycles. The smallest absolute Gasteiger partial charge is 0.123 e. The van der Waals surface area contributed by atoms with Gasteiger partial charge in [-0.1, -0.05) is 13.0 Å². The van der Waals surface area contributed by atoms with Gasteiger partial charge in [-0.3, -0.25) is 11.3 Å². The van der Waals surface area contributed by atoms with Crippen LogP contribution in [0.25, 0.3) is 0 Å². The van der Waals surface area contributed by atoms with Gasteiger partial charge >= 0.3 is 0 Å². The SMILES string of the molecule is CCOC(C)(CC)C(Cc1cc(F)ccc1C)NN. The summed E-state index contributed by atoms with van der Waals surface area (Å²) in [5.74, 6) is 5.46. The first-order valence-corrected chi connectivity index (χ1v) is 6.82. The fourth-order valence-corrected chi connectivity index (χ4v) is 2.31. The average Bonchev–Trinajstić information content (AvgIpc) is 2.39. The Hall–Kier alpha value is -0.970. The second-order valence-corrected chi connectivity index (χ2v) is 5.09. The van der Waals surface area contributed by atoms with Gasteiger partial charge in [0.2, 0.25) is 0 Å². The van der Waals surface area contributed by atoms with E-state index in [1.807, 2.05) is 20.8 Å². The number of aryl methyl sites for hydroxylation is 1. The monoisotopic (exact) mass is 268 g/mol. The van der Waals surface area contributed by atoms with Crippen molar-refractivity contribution in [1.82, 2.24) is 5.43 Å². The zero-order valence-electron chi connectivity index (χ0n) is 12.3. The third-order valence-corrected chi connectivity index (χ3v) is 3.85. The van der Waals surface area contributed by atoms with Crippen molar-refractivity contribution < 1.29 is 9.13 Å². The molecule has 0 saturated carbocycles. The third kappa shape index (κ3) is 4.00. The van der Waals surface area contributed by atoms with Crippen molar-refractivity contribution in [3.8, 4) is 0 Å². The van der Waals surface area contributed by atoms with Crippen molar-refractivity contribution in [3.63, 3.8) is 0 Å². The quantitative estimate of drug-likeness (QED) is 0.590. The number of benzene rings is 1. The van der Waals surface area contributed by atoms with E-state index < -0.39 is 0 Å². The second-order valence-electron chi connectivity index (χ2n) is 5.09. The van der Waals surface area contributed by atoms with Crippen molar-refractivity contribution in [2.45, 2.75) is 52.2 Å². The van der Waals surface area contributed by atoms with E-state index in [0.29, 0.717) is 13.0 Å². The Morgan fingerprint density at radius 3 is 2.63 bits per heavy atom. The largest absolute Gasteiger partial charge is 0.374 e. The standard InChI is InChI=1S/C15H25FN2O/c1-5-15(4,19-6-2)14(18-17)10-12-9-13(16)8-7-11(12)3/h7-9,14,18H,5-6,10,17H2,1-4H3. The lowest BCUT2D eigenvalue weighted by atomic mass is 9.87. The van der Waals surface area contributed by atoms with E-state index in [2.05, 4.69) is 12.3 Å². The van der Waals surface area contributed by atoms with Crippen LogP contribution in [0.1, 0.15) is 38.3 Å². The van der Waals surface area contributed by atoms with Gasteiger partial charge in [-0.15, -0.1) is 0 Å². The first kappa shape index (κ1) is 16.1. The summed E-state index contributed by atoms with van der Waals surface area (Å²) in [5.41, 5.74) is 4.49. The Morgan fingerprint density at radius 1 is 1.42 bits per heavy atom. The van der Waals surface area contributed by atoms with Crippen molar-refractivity contribution in [2.24, 2.45) is 5.84 Å². The van der Waals surface area contributed by atoms with E-state index in [-0.39, 0.29) is 17.5 Å².